The summed E-state index contributed by atoms with van der Waals surface area (Å²) >= 11 is 0. The molecular weight excluding hydrogens is 430 g/mol. The lowest BCUT2D eigenvalue weighted by Crippen LogP contribution is -2.37. The molecule has 1 amide bonds. The van der Waals surface area contributed by atoms with Crippen molar-refractivity contribution in [3.8, 4) is 0 Å². The summed E-state index contributed by atoms with van der Waals surface area (Å²) in [5.74, 6) is -0.397. The van der Waals surface area contributed by atoms with Gasteiger partial charge >= 0.3 is 12.1 Å². The molecular formula is C27H29N3O4. The van der Waals surface area contributed by atoms with E-state index in [0.29, 0.717) is 18.5 Å². The molecule has 0 spiro atoms. The number of carbonyl (C=O) groups is 2. The van der Waals surface area contributed by atoms with Crippen LogP contribution in [-0.4, -0.2) is 40.4 Å². The van der Waals surface area contributed by atoms with Crippen molar-refractivity contribution in [1.82, 2.24) is 14.7 Å². The maximum absolute atomic E-state index is 13.1. The second-order valence-electron chi connectivity index (χ2n) is 8.54. The lowest BCUT2D eigenvalue weighted by molar-refractivity contribution is 0.0600. The van der Waals surface area contributed by atoms with Crippen LogP contribution in [0.25, 0.3) is 5.57 Å². The Morgan fingerprint density at radius 3 is 2.47 bits per heavy atom. The van der Waals surface area contributed by atoms with Crippen molar-refractivity contribution < 1.29 is 19.1 Å². The molecule has 7 heteroatoms. The molecule has 7 nitrogen and oxygen atoms in total. The summed E-state index contributed by atoms with van der Waals surface area (Å²) in [6.45, 7) is 4.89. The molecule has 1 aliphatic heterocycles. The number of hydrogen-bond acceptors (Lipinski definition) is 5. The third-order valence-electron chi connectivity index (χ3n) is 5.93. The van der Waals surface area contributed by atoms with Gasteiger partial charge in [-0.15, -0.1) is 0 Å². The first-order valence-electron chi connectivity index (χ1n) is 11.4. The topological polar surface area (TPSA) is 73.7 Å². The Morgan fingerprint density at radius 1 is 1.09 bits per heavy atom. The van der Waals surface area contributed by atoms with E-state index in [1.807, 2.05) is 59.5 Å². The number of ether oxygens (including phenoxy) is 2. The number of esters is 1. The maximum Gasteiger partial charge on any atom is 0.410 e. The third-order valence-corrected chi connectivity index (χ3v) is 5.93. The van der Waals surface area contributed by atoms with E-state index in [-0.39, 0.29) is 24.8 Å². The van der Waals surface area contributed by atoms with Crippen molar-refractivity contribution >= 4 is 17.6 Å². The maximum atomic E-state index is 13.1. The van der Waals surface area contributed by atoms with Gasteiger partial charge in [0.25, 0.3) is 0 Å². The van der Waals surface area contributed by atoms with E-state index >= 15 is 0 Å². The Kier molecular flexibility index (Phi) is 7.11. The average molecular weight is 460 g/mol. The molecule has 34 heavy (non-hydrogen) atoms. The van der Waals surface area contributed by atoms with Crippen LogP contribution in [0.3, 0.4) is 0 Å². The number of nitrogens with zero attached hydrogens (tertiary/aromatic N) is 3. The molecule has 4 rings (SSSR count). The highest BCUT2D eigenvalue weighted by Crippen LogP contribution is 2.34. The van der Waals surface area contributed by atoms with Crippen molar-refractivity contribution in [2.45, 2.75) is 39.0 Å². The molecule has 2 aromatic carbocycles. The van der Waals surface area contributed by atoms with Gasteiger partial charge in [-0.05, 0) is 49.1 Å². The van der Waals surface area contributed by atoms with Gasteiger partial charge in [0, 0.05) is 24.3 Å². The minimum absolute atomic E-state index is 0.210. The molecule has 0 N–H and O–H groups in total. The minimum Gasteiger partial charge on any atom is -0.465 e. The summed E-state index contributed by atoms with van der Waals surface area (Å²) in [7, 11) is 1.36. The molecule has 3 aromatic rings. The average Bonchev–Trinajstić information content (AvgIpc) is 3.38. The fourth-order valence-corrected chi connectivity index (χ4v) is 3.99. The minimum atomic E-state index is -0.397. The molecule has 0 aliphatic carbocycles. The highest BCUT2D eigenvalue weighted by Gasteiger charge is 2.30. The molecule has 0 saturated carbocycles. The van der Waals surface area contributed by atoms with Crippen molar-refractivity contribution in [3.63, 3.8) is 0 Å². The number of carbonyl (C=O) groups excluding carboxylic acids is 2. The Bertz CT molecular complexity index is 1170. The molecule has 2 heterocycles. The van der Waals surface area contributed by atoms with Crippen LogP contribution in [0.2, 0.25) is 0 Å². The molecule has 0 unspecified atom stereocenters. The Hall–Kier alpha value is -3.87. The number of amides is 1. The zero-order valence-corrected chi connectivity index (χ0v) is 19.7. The Balaban J connectivity index is 1.61. The SMILES string of the molecule is COC(=O)c1ccc([C@@H]2C=C(c3cnn(C(C)C)c3)CCN2C(=O)OCc2ccccc2)cc1. The van der Waals surface area contributed by atoms with Gasteiger partial charge in [-0.25, -0.2) is 9.59 Å². The lowest BCUT2D eigenvalue weighted by Gasteiger charge is -2.34. The van der Waals surface area contributed by atoms with Gasteiger partial charge in [-0.3, -0.25) is 9.58 Å². The van der Waals surface area contributed by atoms with Crippen molar-refractivity contribution in [1.29, 1.82) is 0 Å². The molecule has 0 fully saturated rings. The highest BCUT2D eigenvalue weighted by molar-refractivity contribution is 5.89. The lowest BCUT2D eigenvalue weighted by atomic mass is 9.93. The predicted molar refractivity (Wildman–Crippen MR) is 129 cm³/mol. The summed E-state index contributed by atoms with van der Waals surface area (Å²) in [4.78, 5) is 26.7. The van der Waals surface area contributed by atoms with E-state index in [1.54, 1.807) is 17.0 Å². The van der Waals surface area contributed by atoms with Crippen LogP contribution in [0.1, 0.15) is 59.4 Å². The zero-order valence-electron chi connectivity index (χ0n) is 19.7. The summed E-state index contributed by atoms with van der Waals surface area (Å²) < 4.78 is 12.4. The number of aromatic nitrogens is 2. The summed E-state index contributed by atoms with van der Waals surface area (Å²) in [5, 5.41) is 4.47. The number of methoxy groups -OCH3 is 1. The monoisotopic (exact) mass is 459 g/mol. The molecule has 1 aromatic heterocycles. The second-order valence-corrected chi connectivity index (χ2v) is 8.54. The fraction of sp³-hybridized carbons (Fsp3) is 0.296. The van der Waals surface area contributed by atoms with E-state index in [0.717, 1.165) is 22.3 Å². The normalized spacial score (nSPS) is 15.7. The second kappa shape index (κ2) is 10.4. The fourth-order valence-electron chi connectivity index (χ4n) is 3.99. The number of hydrogen-bond donors (Lipinski definition) is 0. The van der Waals surface area contributed by atoms with Gasteiger partial charge < -0.3 is 9.47 Å². The van der Waals surface area contributed by atoms with Crippen LogP contribution >= 0.6 is 0 Å². The predicted octanol–water partition coefficient (Wildman–Crippen LogP) is 5.42. The molecule has 1 aliphatic rings. The van der Waals surface area contributed by atoms with Gasteiger partial charge in [-0.1, -0.05) is 48.5 Å². The summed E-state index contributed by atoms with van der Waals surface area (Å²) in [6, 6.07) is 16.7. The van der Waals surface area contributed by atoms with Crippen LogP contribution in [0.5, 0.6) is 0 Å². The van der Waals surface area contributed by atoms with Gasteiger partial charge in [0.1, 0.15) is 6.61 Å². The number of benzene rings is 2. The van der Waals surface area contributed by atoms with Crippen molar-refractivity contribution in [2.75, 3.05) is 13.7 Å². The summed E-state index contributed by atoms with van der Waals surface area (Å²) in [6.07, 6.45) is 6.31. The first-order valence-corrected chi connectivity index (χ1v) is 11.4. The first kappa shape index (κ1) is 23.3. The van der Waals surface area contributed by atoms with Crippen LogP contribution < -0.4 is 0 Å². The van der Waals surface area contributed by atoms with Crippen LogP contribution in [0.15, 0.2) is 73.1 Å². The van der Waals surface area contributed by atoms with E-state index in [1.165, 1.54) is 7.11 Å². The molecule has 0 saturated heterocycles. The van der Waals surface area contributed by atoms with E-state index in [4.69, 9.17) is 9.47 Å². The smallest absolute Gasteiger partial charge is 0.410 e. The van der Waals surface area contributed by atoms with E-state index in [9.17, 15) is 9.59 Å². The standard InChI is InChI=1S/C27H29N3O4/c1-19(2)30-17-24(16-28-30)23-13-14-29(27(32)34-18-20-7-5-4-6-8-20)25(15-23)21-9-11-22(12-10-21)26(31)33-3/h4-12,15-17,19,25H,13-14,18H2,1-3H3/t25-/m0/s1. The molecule has 176 valence electrons. The Labute approximate surface area is 199 Å². The molecule has 0 bridgehead atoms. The quantitative estimate of drug-likeness (QED) is 0.460. The largest absolute Gasteiger partial charge is 0.465 e. The van der Waals surface area contributed by atoms with Gasteiger partial charge in [0.15, 0.2) is 0 Å². The van der Waals surface area contributed by atoms with Crippen molar-refractivity contribution in [3.05, 3.63) is 95.3 Å². The van der Waals surface area contributed by atoms with Crippen LogP contribution in [0, 0.1) is 0 Å². The van der Waals surface area contributed by atoms with E-state index < -0.39 is 5.97 Å². The third kappa shape index (κ3) is 5.20. The number of rotatable bonds is 6. The van der Waals surface area contributed by atoms with Crippen LogP contribution in [-0.2, 0) is 16.1 Å². The van der Waals surface area contributed by atoms with Gasteiger partial charge in [0.05, 0.1) is 24.9 Å². The molecule has 1 atom stereocenters. The van der Waals surface area contributed by atoms with E-state index in [2.05, 4.69) is 25.0 Å². The zero-order chi connectivity index (χ0) is 24.1. The Morgan fingerprint density at radius 2 is 1.82 bits per heavy atom. The highest BCUT2D eigenvalue weighted by atomic mass is 16.6. The molecule has 0 radical (unpaired) electrons. The summed E-state index contributed by atoms with van der Waals surface area (Å²) in [5.41, 5.74) is 4.45. The van der Waals surface area contributed by atoms with Crippen molar-refractivity contribution in [2.24, 2.45) is 0 Å². The van der Waals surface area contributed by atoms with Gasteiger partial charge in [-0.2, -0.15) is 5.10 Å². The van der Waals surface area contributed by atoms with Gasteiger partial charge in [0.2, 0.25) is 0 Å². The van der Waals surface area contributed by atoms with Crippen LogP contribution in [0.4, 0.5) is 4.79 Å². The first-order chi connectivity index (χ1) is 16.5.